The van der Waals surface area contributed by atoms with Crippen molar-refractivity contribution in [3.05, 3.63) is 39.9 Å². The third-order valence-electron chi connectivity index (χ3n) is 4.44. The SMILES string of the molecule is CCCCOc1c(C(=O)NN)nc2ccc(CN3CCOCC3)cn2c1=O. The number of morpholine rings is 1. The zero-order valence-corrected chi connectivity index (χ0v) is 15.4. The van der Waals surface area contributed by atoms with Gasteiger partial charge in [0.05, 0.1) is 19.8 Å². The second-order valence-electron chi connectivity index (χ2n) is 6.42. The fourth-order valence-corrected chi connectivity index (χ4v) is 2.95. The molecule has 0 bridgehead atoms. The molecule has 0 radical (unpaired) electrons. The maximum Gasteiger partial charge on any atom is 0.301 e. The monoisotopic (exact) mass is 375 g/mol. The van der Waals surface area contributed by atoms with E-state index in [1.54, 1.807) is 12.3 Å². The Bertz CT molecular complexity index is 861. The van der Waals surface area contributed by atoms with Crippen molar-refractivity contribution in [1.82, 2.24) is 19.7 Å². The standard InChI is InChI=1S/C18H25N5O4/c1-2-3-8-27-16-15(17(24)21-19)20-14-5-4-13(12-23(14)18(16)25)11-22-6-9-26-10-7-22/h4-5,12H,2-3,6-11,19H2,1H3,(H,21,24). The number of ether oxygens (including phenoxy) is 2. The van der Waals surface area contributed by atoms with Gasteiger partial charge in [0.1, 0.15) is 5.65 Å². The molecule has 2 aromatic heterocycles. The molecule has 1 aliphatic heterocycles. The van der Waals surface area contributed by atoms with Crippen LogP contribution in [0.15, 0.2) is 23.1 Å². The molecule has 0 unspecified atom stereocenters. The Labute approximate surface area is 157 Å². The fraction of sp³-hybridized carbons (Fsp3) is 0.500. The zero-order chi connectivity index (χ0) is 19.2. The van der Waals surface area contributed by atoms with Crippen LogP contribution in [0, 0.1) is 0 Å². The van der Waals surface area contributed by atoms with Crippen LogP contribution in [0.3, 0.4) is 0 Å². The van der Waals surface area contributed by atoms with Gasteiger partial charge in [0.15, 0.2) is 5.69 Å². The Morgan fingerprint density at radius 3 is 2.85 bits per heavy atom. The third kappa shape index (κ3) is 4.44. The molecule has 1 aliphatic rings. The van der Waals surface area contributed by atoms with E-state index in [0.29, 0.717) is 32.0 Å². The molecular weight excluding hydrogens is 350 g/mol. The van der Waals surface area contributed by atoms with Gasteiger partial charge in [0.25, 0.3) is 5.91 Å². The van der Waals surface area contributed by atoms with Gasteiger partial charge in [-0.2, -0.15) is 0 Å². The minimum atomic E-state index is -0.654. The molecule has 0 saturated carbocycles. The normalized spacial score (nSPS) is 15.0. The van der Waals surface area contributed by atoms with Crippen LogP contribution in [0.4, 0.5) is 0 Å². The van der Waals surface area contributed by atoms with Gasteiger partial charge in [0.2, 0.25) is 5.75 Å². The summed E-state index contributed by atoms with van der Waals surface area (Å²) in [6, 6.07) is 3.62. The molecule has 146 valence electrons. The first-order chi connectivity index (χ1) is 13.1. The van der Waals surface area contributed by atoms with Crippen molar-refractivity contribution in [3.63, 3.8) is 0 Å². The first-order valence-corrected chi connectivity index (χ1v) is 9.13. The second-order valence-corrected chi connectivity index (χ2v) is 6.42. The molecule has 2 aromatic rings. The summed E-state index contributed by atoms with van der Waals surface area (Å²) in [7, 11) is 0. The van der Waals surface area contributed by atoms with Gasteiger partial charge in [-0.15, -0.1) is 0 Å². The van der Waals surface area contributed by atoms with Crippen molar-refractivity contribution in [1.29, 1.82) is 0 Å². The van der Waals surface area contributed by atoms with Gasteiger partial charge in [0, 0.05) is 25.8 Å². The van der Waals surface area contributed by atoms with Gasteiger partial charge in [-0.25, -0.2) is 10.8 Å². The van der Waals surface area contributed by atoms with E-state index < -0.39 is 11.5 Å². The Kier molecular flexibility index (Phi) is 6.38. The molecular formula is C18H25N5O4. The van der Waals surface area contributed by atoms with E-state index in [1.165, 1.54) is 4.40 Å². The Hall–Kier alpha value is -2.49. The number of hydrogen-bond acceptors (Lipinski definition) is 7. The summed E-state index contributed by atoms with van der Waals surface area (Å²) in [6.45, 7) is 6.18. The summed E-state index contributed by atoms with van der Waals surface area (Å²) in [5, 5.41) is 0. The van der Waals surface area contributed by atoms with Crippen molar-refractivity contribution < 1.29 is 14.3 Å². The molecule has 27 heavy (non-hydrogen) atoms. The fourth-order valence-electron chi connectivity index (χ4n) is 2.95. The second kappa shape index (κ2) is 8.94. The van der Waals surface area contributed by atoms with Crippen molar-refractivity contribution in [2.24, 2.45) is 5.84 Å². The number of carbonyl (C=O) groups excluding carboxylic acids is 1. The van der Waals surface area contributed by atoms with Crippen LogP contribution >= 0.6 is 0 Å². The maximum absolute atomic E-state index is 13.0. The lowest BCUT2D eigenvalue weighted by Crippen LogP contribution is -2.36. The number of nitrogens with one attached hydrogen (secondary N) is 1. The topological polar surface area (TPSA) is 111 Å². The Morgan fingerprint density at radius 2 is 2.15 bits per heavy atom. The number of carbonyl (C=O) groups is 1. The largest absolute Gasteiger partial charge is 0.486 e. The average molecular weight is 375 g/mol. The number of nitrogens with zero attached hydrogens (tertiary/aromatic N) is 3. The van der Waals surface area contributed by atoms with Gasteiger partial charge in [-0.05, 0) is 18.1 Å². The number of rotatable bonds is 7. The lowest BCUT2D eigenvalue weighted by atomic mass is 10.2. The minimum absolute atomic E-state index is 0.0765. The first kappa shape index (κ1) is 19.3. The van der Waals surface area contributed by atoms with Gasteiger partial charge >= 0.3 is 5.56 Å². The van der Waals surface area contributed by atoms with Crippen LogP contribution in [-0.4, -0.2) is 53.1 Å². The molecule has 3 N–H and O–H groups in total. The van der Waals surface area contributed by atoms with Crippen molar-refractivity contribution in [2.45, 2.75) is 26.3 Å². The Balaban J connectivity index is 1.97. The summed E-state index contributed by atoms with van der Waals surface area (Å²) in [6.07, 6.45) is 3.42. The number of fused-ring (bicyclic) bond motifs is 1. The third-order valence-corrected chi connectivity index (χ3v) is 4.44. The molecule has 0 aliphatic carbocycles. The number of hydrogen-bond donors (Lipinski definition) is 2. The molecule has 1 amide bonds. The van der Waals surface area contributed by atoms with Gasteiger partial charge < -0.3 is 9.47 Å². The van der Waals surface area contributed by atoms with E-state index in [2.05, 4.69) is 9.88 Å². The molecule has 1 fully saturated rings. The molecule has 3 rings (SSSR count). The molecule has 0 spiro atoms. The Morgan fingerprint density at radius 1 is 1.37 bits per heavy atom. The molecule has 1 saturated heterocycles. The highest BCUT2D eigenvalue weighted by Gasteiger charge is 2.20. The number of aromatic nitrogens is 2. The van der Waals surface area contributed by atoms with E-state index in [1.807, 2.05) is 18.4 Å². The number of unbranched alkanes of at least 4 members (excludes halogenated alkanes) is 1. The number of nitrogen functional groups attached to an aromatic ring is 1. The predicted molar refractivity (Wildman–Crippen MR) is 99.6 cm³/mol. The minimum Gasteiger partial charge on any atom is -0.486 e. The van der Waals surface area contributed by atoms with E-state index in [4.69, 9.17) is 15.3 Å². The van der Waals surface area contributed by atoms with Gasteiger partial charge in [-0.1, -0.05) is 19.4 Å². The molecule has 0 aromatic carbocycles. The summed E-state index contributed by atoms with van der Waals surface area (Å²) in [5.41, 5.74) is 2.85. The smallest absolute Gasteiger partial charge is 0.301 e. The van der Waals surface area contributed by atoms with Crippen LogP contribution < -0.4 is 21.6 Å². The maximum atomic E-state index is 13.0. The van der Waals surface area contributed by atoms with Crippen molar-refractivity contribution >= 4 is 11.6 Å². The van der Waals surface area contributed by atoms with Crippen LogP contribution in [0.25, 0.3) is 5.65 Å². The van der Waals surface area contributed by atoms with Crippen LogP contribution in [0.5, 0.6) is 5.75 Å². The zero-order valence-electron chi connectivity index (χ0n) is 15.4. The van der Waals surface area contributed by atoms with Crippen molar-refractivity contribution in [2.75, 3.05) is 32.9 Å². The van der Waals surface area contributed by atoms with Crippen LogP contribution in [-0.2, 0) is 11.3 Å². The highest BCUT2D eigenvalue weighted by Crippen LogP contribution is 2.15. The average Bonchev–Trinajstić information content (AvgIpc) is 2.70. The molecule has 0 atom stereocenters. The first-order valence-electron chi connectivity index (χ1n) is 9.13. The highest BCUT2D eigenvalue weighted by atomic mass is 16.5. The van der Waals surface area contributed by atoms with E-state index in [0.717, 1.165) is 31.5 Å². The van der Waals surface area contributed by atoms with Crippen LogP contribution in [0.1, 0.15) is 35.8 Å². The van der Waals surface area contributed by atoms with E-state index >= 15 is 0 Å². The van der Waals surface area contributed by atoms with Gasteiger partial charge in [-0.3, -0.25) is 24.3 Å². The number of hydrazine groups is 1. The quantitative estimate of drug-likeness (QED) is 0.310. The summed E-state index contributed by atoms with van der Waals surface area (Å²) >= 11 is 0. The lowest BCUT2D eigenvalue weighted by Gasteiger charge is -2.26. The number of amides is 1. The molecule has 9 nitrogen and oxygen atoms in total. The van der Waals surface area contributed by atoms with Crippen molar-refractivity contribution in [3.8, 4) is 5.75 Å². The predicted octanol–water partition coefficient (Wildman–Crippen LogP) is 0.309. The lowest BCUT2D eigenvalue weighted by molar-refractivity contribution is 0.0341. The highest BCUT2D eigenvalue weighted by molar-refractivity contribution is 5.94. The summed E-state index contributed by atoms with van der Waals surface area (Å²) in [5.74, 6) is 4.50. The number of nitrogens with two attached hydrogens (primary N) is 1. The van der Waals surface area contributed by atoms with Crippen LogP contribution in [0.2, 0.25) is 0 Å². The summed E-state index contributed by atoms with van der Waals surface area (Å²) in [4.78, 5) is 31.5. The number of pyridine rings is 1. The summed E-state index contributed by atoms with van der Waals surface area (Å²) < 4.78 is 12.4. The van der Waals surface area contributed by atoms with E-state index in [-0.39, 0.29) is 11.4 Å². The van der Waals surface area contributed by atoms with E-state index in [9.17, 15) is 9.59 Å². The molecule has 3 heterocycles. The molecule has 9 heteroatoms.